The zero-order valence-electron chi connectivity index (χ0n) is 11.7. The summed E-state index contributed by atoms with van der Waals surface area (Å²) < 4.78 is 0. The molecule has 1 fully saturated rings. The summed E-state index contributed by atoms with van der Waals surface area (Å²) >= 11 is 0. The lowest BCUT2D eigenvalue weighted by Gasteiger charge is -2.22. The summed E-state index contributed by atoms with van der Waals surface area (Å²) in [6.07, 6.45) is 10.6. The van der Waals surface area contributed by atoms with E-state index in [1.165, 1.54) is 49.7 Å². The largest absolute Gasteiger partial charge is 0.327 e. The lowest BCUT2D eigenvalue weighted by Crippen LogP contribution is -2.30. The quantitative estimate of drug-likeness (QED) is 0.789. The van der Waals surface area contributed by atoms with Crippen LogP contribution in [0.1, 0.15) is 56.1 Å². The van der Waals surface area contributed by atoms with Crippen LogP contribution in [-0.2, 0) is 6.42 Å². The summed E-state index contributed by atoms with van der Waals surface area (Å²) in [7, 11) is 0. The first-order chi connectivity index (χ1) is 8.75. The minimum Gasteiger partial charge on any atom is -0.327 e. The van der Waals surface area contributed by atoms with Crippen molar-refractivity contribution in [2.75, 3.05) is 0 Å². The number of benzene rings is 1. The van der Waals surface area contributed by atoms with Crippen molar-refractivity contribution in [1.82, 2.24) is 0 Å². The van der Waals surface area contributed by atoms with Gasteiger partial charge in [0.1, 0.15) is 0 Å². The highest BCUT2D eigenvalue weighted by Crippen LogP contribution is 2.26. The first-order valence-corrected chi connectivity index (χ1v) is 7.57. The van der Waals surface area contributed by atoms with E-state index in [9.17, 15) is 0 Å². The molecular formula is C17H27N. The summed E-state index contributed by atoms with van der Waals surface area (Å²) in [5.41, 5.74) is 9.17. The van der Waals surface area contributed by atoms with Crippen LogP contribution in [0.25, 0.3) is 0 Å². The van der Waals surface area contributed by atoms with Crippen LogP contribution in [0.2, 0.25) is 0 Å². The molecule has 1 unspecified atom stereocenters. The molecule has 100 valence electrons. The highest BCUT2D eigenvalue weighted by molar-refractivity contribution is 5.21. The summed E-state index contributed by atoms with van der Waals surface area (Å²) in [6.45, 7) is 2.14. The molecule has 2 N–H and O–H groups in total. The van der Waals surface area contributed by atoms with Crippen molar-refractivity contribution in [2.45, 2.75) is 64.3 Å². The predicted molar refractivity (Wildman–Crippen MR) is 78.7 cm³/mol. The second kappa shape index (κ2) is 6.94. The molecule has 1 nitrogen and oxygen atoms in total. The third kappa shape index (κ3) is 4.13. The molecule has 0 amide bonds. The first-order valence-electron chi connectivity index (χ1n) is 7.57. The zero-order valence-corrected chi connectivity index (χ0v) is 11.7. The van der Waals surface area contributed by atoms with Gasteiger partial charge in [-0.2, -0.15) is 0 Å². The van der Waals surface area contributed by atoms with E-state index in [-0.39, 0.29) is 0 Å². The minimum atomic E-state index is 0.407. The number of hydrogen-bond acceptors (Lipinski definition) is 1. The topological polar surface area (TPSA) is 26.0 Å². The maximum atomic E-state index is 6.40. The molecule has 0 spiro atoms. The van der Waals surface area contributed by atoms with E-state index in [0.717, 1.165) is 18.8 Å². The van der Waals surface area contributed by atoms with Crippen molar-refractivity contribution in [3.8, 4) is 0 Å². The van der Waals surface area contributed by atoms with E-state index in [1.54, 1.807) is 0 Å². The Labute approximate surface area is 112 Å². The van der Waals surface area contributed by atoms with Gasteiger partial charge in [0.15, 0.2) is 0 Å². The smallest absolute Gasteiger partial charge is 0.00703 e. The Kier molecular flexibility index (Phi) is 5.25. The molecule has 0 bridgehead atoms. The molecule has 0 saturated heterocycles. The Bertz CT molecular complexity index is 333. The maximum Gasteiger partial charge on any atom is 0.00703 e. The van der Waals surface area contributed by atoms with Crippen LogP contribution in [0.3, 0.4) is 0 Å². The fraction of sp³-hybridized carbons (Fsp3) is 0.647. The van der Waals surface area contributed by atoms with Gasteiger partial charge in [0, 0.05) is 6.04 Å². The Morgan fingerprint density at radius 2 is 1.67 bits per heavy atom. The fourth-order valence-electron chi connectivity index (χ4n) is 3.06. The SMILES string of the molecule is Cc1ccc(CCC(N)C2CCCCCC2)cc1. The molecule has 2 rings (SSSR count). The Morgan fingerprint density at radius 1 is 1.06 bits per heavy atom. The normalized spacial score (nSPS) is 19.4. The van der Waals surface area contributed by atoms with Crippen molar-refractivity contribution < 1.29 is 0 Å². The van der Waals surface area contributed by atoms with Gasteiger partial charge >= 0.3 is 0 Å². The van der Waals surface area contributed by atoms with Crippen LogP contribution in [-0.4, -0.2) is 6.04 Å². The van der Waals surface area contributed by atoms with Crippen LogP contribution < -0.4 is 5.73 Å². The van der Waals surface area contributed by atoms with E-state index in [1.807, 2.05) is 0 Å². The Hall–Kier alpha value is -0.820. The van der Waals surface area contributed by atoms with Crippen molar-refractivity contribution in [3.05, 3.63) is 35.4 Å². The Morgan fingerprint density at radius 3 is 2.28 bits per heavy atom. The van der Waals surface area contributed by atoms with E-state index in [2.05, 4.69) is 31.2 Å². The van der Waals surface area contributed by atoms with E-state index < -0.39 is 0 Å². The van der Waals surface area contributed by atoms with Crippen molar-refractivity contribution in [3.63, 3.8) is 0 Å². The molecule has 0 radical (unpaired) electrons. The third-order valence-corrected chi connectivity index (χ3v) is 4.39. The van der Waals surface area contributed by atoms with Crippen LogP contribution >= 0.6 is 0 Å². The highest BCUT2D eigenvalue weighted by atomic mass is 14.6. The molecule has 1 aromatic carbocycles. The van der Waals surface area contributed by atoms with Crippen LogP contribution in [0, 0.1) is 12.8 Å². The van der Waals surface area contributed by atoms with E-state index in [4.69, 9.17) is 5.73 Å². The molecule has 1 saturated carbocycles. The second-order valence-corrected chi connectivity index (χ2v) is 5.94. The molecule has 1 heteroatoms. The molecule has 0 aliphatic heterocycles. The molecule has 1 atom stereocenters. The van der Waals surface area contributed by atoms with Crippen molar-refractivity contribution in [2.24, 2.45) is 11.7 Å². The summed E-state index contributed by atoms with van der Waals surface area (Å²) in [5, 5.41) is 0. The number of nitrogens with two attached hydrogens (primary N) is 1. The molecule has 1 aliphatic rings. The van der Waals surface area contributed by atoms with Crippen molar-refractivity contribution >= 4 is 0 Å². The predicted octanol–water partition coefficient (Wildman–Crippen LogP) is 4.23. The van der Waals surface area contributed by atoms with Gasteiger partial charge < -0.3 is 5.73 Å². The summed E-state index contributed by atoms with van der Waals surface area (Å²) in [4.78, 5) is 0. The van der Waals surface area contributed by atoms with Gasteiger partial charge in [-0.05, 0) is 44.1 Å². The molecule has 1 aromatic rings. The Balaban J connectivity index is 1.79. The molecule has 1 aliphatic carbocycles. The van der Waals surface area contributed by atoms with Gasteiger partial charge in [0.05, 0.1) is 0 Å². The number of rotatable bonds is 4. The number of aryl methyl sites for hydroxylation is 2. The summed E-state index contributed by atoms with van der Waals surface area (Å²) in [5.74, 6) is 0.776. The van der Waals surface area contributed by atoms with Crippen molar-refractivity contribution in [1.29, 1.82) is 0 Å². The maximum absolute atomic E-state index is 6.40. The lowest BCUT2D eigenvalue weighted by molar-refractivity contribution is 0.359. The van der Waals surface area contributed by atoms with Gasteiger partial charge in [0.25, 0.3) is 0 Å². The van der Waals surface area contributed by atoms with Gasteiger partial charge in [0.2, 0.25) is 0 Å². The standard InChI is InChI=1S/C17H27N/c1-14-8-10-15(11-9-14)12-13-17(18)16-6-4-2-3-5-7-16/h8-11,16-17H,2-7,12-13,18H2,1H3. The number of hydrogen-bond donors (Lipinski definition) is 1. The minimum absolute atomic E-state index is 0.407. The zero-order chi connectivity index (χ0) is 12.8. The molecular weight excluding hydrogens is 218 g/mol. The molecule has 0 aromatic heterocycles. The second-order valence-electron chi connectivity index (χ2n) is 5.94. The summed E-state index contributed by atoms with van der Waals surface area (Å²) in [6, 6.07) is 9.30. The van der Waals surface area contributed by atoms with Gasteiger partial charge in [-0.25, -0.2) is 0 Å². The fourth-order valence-corrected chi connectivity index (χ4v) is 3.06. The lowest BCUT2D eigenvalue weighted by atomic mass is 9.88. The average Bonchev–Trinajstić information content (AvgIpc) is 2.66. The molecule has 18 heavy (non-hydrogen) atoms. The van der Waals surface area contributed by atoms with Crippen LogP contribution in [0.5, 0.6) is 0 Å². The highest BCUT2D eigenvalue weighted by Gasteiger charge is 2.19. The van der Waals surface area contributed by atoms with E-state index in [0.29, 0.717) is 6.04 Å². The monoisotopic (exact) mass is 245 g/mol. The van der Waals surface area contributed by atoms with Gasteiger partial charge in [-0.15, -0.1) is 0 Å². The van der Waals surface area contributed by atoms with Gasteiger partial charge in [-0.1, -0.05) is 55.5 Å². The van der Waals surface area contributed by atoms with Crippen LogP contribution in [0.15, 0.2) is 24.3 Å². The average molecular weight is 245 g/mol. The first kappa shape index (κ1) is 13.6. The van der Waals surface area contributed by atoms with Crippen LogP contribution in [0.4, 0.5) is 0 Å². The third-order valence-electron chi connectivity index (χ3n) is 4.39. The van der Waals surface area contributed by atoms with Gasteiger partial charge in [-0.3, -0.25) is 0 Å². The van der Waals surface area contributed by atoms with E-state index >= 15 is 0 Å². The molecule has 0 heterocycles.